The van der Waals surface area contributed by atoms with Crippen molar-refractivity contribution in [2.75, 3.05) is 10.6 Å². The fourth-order valence-corrected chi connectivity index (χ4v) is 3.88. The van der Waals surface area contributed by atoms with Crippen LogP contribution in [0.2, 0.25) is 0 Å². The Morgan fingerprint density at radius 3 is 2.03 bits per heavy atom. The number of nitrogens with one attached hydrogen (secondary N) is 2. The molecule has 158 valence electrons. The number of benzene rings is 2. The van der Waals surface area contributed by atoms with Gasteiger partial charge in [-0.2, -0.15) is 36.2 Å². The summed E-state index contributed by atoms with van der Waals surface area (Å²) in [5.41, 5.74) is 0.414. The van der Waals surface area contributed by atoms with E-state index in [1.54, 1.807) is 0 Å². The van der Waals surface area contributed by atoms with Crippen molar-refractivity contribution in [1.82, 2.24) is 15.0 Å². The molecule has 0 atom stereocenters. The maximum atomic E-state index is 13.8. The number of hydrogen-bond acceptors (Lipinski definition) is 9. The van der Waals surface area contributed by atoms with Crippen molar-refractivity contribution in [3.8, 4) is 0 Å². The lowest BCUT2D eigenvalue weighted by molar-refractivity contribution is 0.480. The van der Waals surface area contributed by atoms with Crippen LogP contribution >= 0.6 is 0 Å². The van der Waals surface area contributed by atoms with Gasteiger partial charge < -0.3 is 10.6 Å². The van der Waals surface area contributed by atoms with Crippen LogP contribution in [0.25, 0.3) is 0 Å². The minimum absolute atomic E-state index is 0.0927. The summed E-state index contributed by atoms with van der Waals surface area (Å²) < 4.78 is 77.7. The van der Waals surface area contributed by atoms with Crippen LogP contribution in [-0.4, -0.2) is 40.9 Å². The highest BCUT2D eigenvalue weighted by atomic mass is 32.2. The van der Waals surface area contributed by atoms with Gasteiger partial charge in [0.15, 0.2) is 0 Å². The van der Waals surface area contributed by atoms with Gasteiger partial charge in [0.05, 0.1) is 10.6 Å². The van der Waals surface area contributed by atoms with Crippen LogP contribution in [0.15, 0.2) is 52.3 Å². The zero-order valence-electron chi connectivity index (χ0n) is 15.1. The van der Waals surface area contributed by atoms with Gasteiger partial charge in [0, 0.05) is 5.69 Å². The number of hydrogen-bond donors (Lipinski definition) is 4. The second-order valence-corrected chi connectivity index (χ2v) is 8.71. The molecule has 0 radical (unpaired) electrons. The smallest absolute Gasteiger partial charge is 0.315 e. The highest BCUT2D eigenvalue weighted by Crippen LogP contribution is 2.25. The SMILES string of the molecule is Cc1cc(Nc2nc(F)nc(Nc3ccccc3S(=O)(=O)O)n2)ccc1S(=O)(=O)O. The van der Waals surface area contributed by atoms with Gasteiger partial charge in [-0.25, -0.2) is 0 Å². The Morgan fingerprint density at radius 2 is 1.43 bits per heavy atom. The standard InChI is InChI=1S/C16H14FN5O6S2/c1-9-8-10(6-7-12(9)29(23,24)25)18-15-20-14(17)21-16(22-15)19-11-4-2-3-5-13(11)30(26,27)28/h2-8H,1H3,(H,23,24,25)(H,26,27,28)(H2,18,19,20,21,22). The molecule has 1 heterocycles. The summed E-state index contributed by atoms with van der Waals surface area (Å²) in [6.45, 7) is 1.45. The maximum absolute atomic E-state index is 13.8. The summed E-state index contributed by atoms with van der Waals surface area (Å²) in [6.07, 6.45) is -1.19. The van der Waals surface area contributed by atoms with Gasteiger partial charge in [0.1, 0.15) is 4.90 Å². The minimum Gasteiger partial charge on any atom is -0.324 e. The molecule has 11 nitrogen and oxygen atoms in total. The number of nitrogens with zero attached hydrogens (tertiary/aromatic N) is 3. The van der Waals surface area contributed by atoms with E-state index in [0.29, 0.717) is 0 Å². The Kier molecular flexibility index (Phi) is 5.67. The normalized spacial score (nSPS) is 11.9. The largest absolute Gasteiger partial charge is 0.324 e. The van der Waals surface area contributed by atoms with E-state index in [1.165, 1.54) is 37.3 Å². The molecule has 30 heavy (non-hydrogen) atoms. The van der Waals surface area contributed by atoms with Gasteiger partial charge in [-0.3, -0.25) is 9.11 Å². The molecule has 0 aliphatic carbocycles. The summed E-state index contributed by atoms with van der Waals surface area (Å²) in [6, 6.07) is 9.13. The van der Waals surface area contributed by atoms with Crippen LogP contribution in [0.1, 0.15) is 5.56 Å². The lowest BCUT2D eigenvalue weighted by atomic mass is 10.2. The molecular formula is C16H14FN5O6S2. The molecule has 14 heteroatoms. The quantitative estimate of drug-likeness (QED) is 0.402. The third kappa shape index (κ3) is 5.04. The Balaban J connectivity index is 1.91. The summed E-state index contributed by atoms with van der Waals surface area (Å²) >= 11 is 0. The van der Waals surface area contributed by atoms with Gasteiger partial charge in [0.25, 0.3) is 20.2 Å². The Morgan fingerprint density at radius 1 is 0.833 bits per heavy atom. The Hall–Kier alpha value is -3.20. The van der Waals surface area contributed by atoms with Crippen molar-refractivity contribution < 1.29 is 30.3 Å². The number of aryl methyl sites for hydroxylation is 1. The molecule has 0 aliphatic rings. The number of rotatable bonds is 6. The third-order valence-corrected chi connectivity index (χ3v) is 5.65. The lowest BCUT2D eigenvalue weighted by Gasteiger charge is -2.11. The van der Waals surface area contributed by atoms with E-state index in [9.17, 15) is 25.8 Å². The van der Waals surface area contributed by atoms with Crippen molar-refractivity contribution in [1.29, 1.82) is 0 Å². The molecular weight excluding hydrogens is 441 g/mol. The van der Waals surface area contributed by atoms with Gasteiger partial charge >= 0.3 is 6.08 Å². The summed E-state index contributed by atoms with van der Waals surface area (Å²) in [4.78, 5) is 10.1. The molecule has 0 saturated carbocycles. The Labute approximate surface area is 170 Å². The van der Waals surface area contributed by atoms with Crippen LogP contribution in [0, 0.1) is 13.0 Å². The molecule has 3 aromatic rings. The molecule has 0 saturated heterocycles. The van der Waals surface area contributed by atoms with Crippen molar-refractivity contribution in [3.63, 3.8) is 0 Å². The lowest BCUT2D eigenvalue weighted by Crippen LogP contribution is -2.09. The molecule has 0 fully saturated rings. The molecule has 0 spiro atoms. The average molecular weight is 455 g/mol. The van der Waals surface area contributed by atoms with E-state index in [0.717, 1.165) is 12.1 Å². The van der Waals surface area contributed by atoms with Crippen LogP contribution in [-0.2, 0) is 20.2 Å². The number of aromatic nitrogens is 3. The van der Waals surface area contributed by atoms with Crippen LogP contribution in [0.3, 0.4) is 0 Å². The Bertz CT molecular complexity index is 1330. The van der Waals surface area contributed by atoms with Crippen LogP contribution in [0.4, 0.5) is 27.7 Å². The number of anilines is 4. The highest BCUT2D eigenvalue weighted by molar-refractivity contribution is 7.86. The molecule has 3 rings (SSSR count). The molecule has 2 aromatic carbocycles. The maximum Gasteiger partial charge on any atom is 0.315 e. The van der Waals surface area contributed by atoms with E-state index in [2.05, 4.69) is 25.6 Å². The second-order valence-electron chi connectivity index (χ2n) is 5.93. The van der Waals surface area contributed by atoms with Crippen molar-refractivity contribution in [3.05, 3.63) is 54.1 Å². The van der Waals surface area contributed by atoms with Gasteiger partial charge in [-0.05, 0) is 42.8 Å². The topological polar surface area (TPSA) is 171 Å². The fourth-order valence-electron chi connectivity index (χ4n) is 2.52. The van der Waals surface area contributed by atoms with Gasteiger partial charge in [-0.1, -0.05) is 12.1 Å². The van der Waals surface area contributed by atoms with E-state index in [4.69, 9.17) is 4.55 Å². The van der Waals surface area contributed by atoms with E-state index < -0.39 is 31.2 Å². The van der Waals surface area contributed by atoms with E-state index >= 15 is 0 Å². The van der Waals surface area contributed by atoms with Crippen LogP contribution in [0.5, 0.6) is 0 Å². The van der Waals surface area contributed by atoms with Crippen molar-refractivity contribution in [2.45, 2.75) is 16.7 Å². The van der Waals surface area contributed by atoms with Gasteiger partial charge in [0.2, 0.25) is 11.9 Å². The first-order valence-corrected chi connectivity index (χ1v) is 10.9. The number of para-hydroxylation sites is 1. The first-order chi connectivity index (χ1) is 13.9. The minimum atomic E-state index is -4.56. The predicted molar refractivity (Wildman–Crippen MR) is 104 cm³/mol. The molecule has 0 bridgehead atoms. The zero-order valence-corrected chi connectivity index (χ0v) is 16.7. The number of halogens is 1. The van der Waals surface area contributed by atoms with E-state index in [-0.39, 0.29) is 33.7 Å². The first-order valence-electron chi connectivity index (χ1n) is 8.04. The average Bonchev–Trinajstić information content (AvgIpc) is 2.59. The molecule has 0 unspecified atom stereocenters. The highest BCUT2D eigenvalue weighted by Gasteiger charge is 2.17. The zero-order chi connectivity index (χ0) is 22.1. The van der Waals surface area contributed by atoms with Gasteiger partial charge in [-0.15, -0.1) is 0 Å². The molecule has 0 amide bonds. The monoisotopic (exact) mass is 455 g/mol. The molecule has 1 aromatic heterocycles. The van der Waals surface area contributed by atoms with Crippen molar-refractivity contribution >= 4 is 43.5 Å². The predicted octanol–water partition coefficient (Wildman–Crippen LogP) is 2.30. The summed E-state index contributed by atoms with van der Waals surface area (Å²) in [7, 11) is -8.95. The van der Waals surface area contributed by atoms with E-state index in [1.807, 2.05) is 0 Å². The second kappa shape index (κ2) is 7.91. The molecule has 4 N–H and O–H groups in total. The molecule has 0 aliphatic heterocycles. The first kappa shape index (κ1) is 21.5. The van der Waals surface area contributed by atoms with Crippen molar-refractivity contribution in [2.24, 2.45) is 0 Å². The fraction of sp³-hybridized carbons (Fsp3) is 0.0625. The van der Waals surface area contributed by atoms with Crippen LogP contribution < -0.4 is 10.6 Å². The third-order valence-electron chi connectivity index (χ3n) is 3.73. The summed E-state index contributed by atoms with van der Waals surface area (Å²) in [5.74, 6) is -0.624. The summed E-state index contributed by atoms with van der Waals surface area (Å²) in [5, 5.41) is 5.14.